The lowest BCUT2D eigenvalue weighted by Crippen LogP contribution is -2.50. The summed E-state index contributed by atoms with van der Waals surface area (Å²) in [4.78, 5) is 22.9. The molecule has 5 nitrogen and oxygen atoms in total. The van der Waals surface area contributed by atoms with Crippen molar-refractivity contribution in [2.24, 2.45) is 11.1 Å². The van der Waals surface area contributed by atoms with Crippen LogP contribution in [0.5, 0.6) is 0 Å². The van der Waals surface area contributed by atoms with Gasteiger partial charge in [0.2, 0.25) is 5.91 Å². The van der Waals surface area contributed by atoms with Crippen LogP contribution in [-0.4, -0.2) is 41.6 Å². The fourth-order valence-electron chi connectivity index (χ4n) is 1.22. The highest BCUT2D eigenvalue weighted by Gasteiger charge is 2.32. The summed E-state index contributed by atoms with van der Waals surface area (Å²) in [7, 11) is 0. The molecular weight excluding hydrogens is 240 g/mol. The van der Waals surface area contributed by atoms with Gasteiger partial charge in [0.05, 0.1) is 5.41 Å². The second-order valence-corrected chi connectivity index (χ2v) is 5.25. The number of thioether (sulfide) groups is 1. The molecule has 1 amide bonds. The Labute approximate surface area is 107 Å². The van der Waals surface area contributed by atoms with Crippen LogP contribution in [0.2, 0.25) is 0 Å². The Bertz CT molecular complexity index is 267. The van der Waals surface area contributed by atoms with Crippen LogP contribution in [0, 0.1) is 5.41 Å². The molecule has 0 aromatic carbocycles. The number of aliphatic carboxylic acids is 1. The number of carboxylic acids is 1. The number of carboxylic acid groups (broad SMARTS) is 1. The molecule has 2 atom stereocenters. The standard InChI is InChI=1S/C11H22N2O3S/c1-4-11(2,7-12)10(16)13-8(9(14)15)5-6-17-3/h8H,4-7,12H2,1-3H3,(H,13,16)(H,14,15)/t8-,11?/m1/s1. The molecule has 0 spiro atoms. The minimum Gasteiger partial charge on any atom is -0.480 e. The highest BCUT2D eigenvalue weighted by atomic mass is 32.2. The number of carbonyl (C=O) groups excluding carboxylic acids is 1. The molecule has 0 bridgehead atoms. The maximum Gasteiger partial charge on any atom is 0.326 e. The number of carbonyl (C=O) groups is 2. The van der Waals surface area contributed by atoms with Crippen LogP contribution in [0.3, 0.4) is 0 Å². The Kier molecular flexibility index (Phi) is 7.22. The highest BCUT2D eigenvalue weighted by Crippen LogP contribution is 2.19. The predicted octanol–water partition coefficient (Wildman–Crippen LogP) is 0.684. The average Bonchev–Trinajstić information content (AvgIpc) is 2.32. The maximum absolute atomic E-state index is 11.9. The molecule has 0 heterocycles. The van der Waals surface area contributed by atoms with Crippen molar-refractivity contribution in [1.29, 1.82) is 0 Å². The van der Waals surface area contributed by atoms with Crippen molar-refractivity contribution in [1.82, 2.24) is 5.32 Å². The smallest absolute Gasteiger partial charge is 0.326 e. The van der Waals surface area contributed by atoms with E-state index in [0.29, 0.717) is 18.6 Å². The zero-order valence-corrected chi connectivity index (χ0v) is 11.5. The van der Waals surface area contributed by atoms with E-state index in [-0.39, 0.29) is 12.5 Å². The van der Waals surface area contributed by atoms with Crippen LogP contribution >= 0.6 is 11.8 Å². The molecule has 6 heteroatoms. The largest absolute Gasteiger partial charge is 0.480 e. The molecule has 0 fully saturated rings. The Morgan fingerprint density at radius 3 is 2.47 bits per heavy atom. The molecule has 0 saturated heterocycles. The molecule has 0 saturated carbocycles. The van der Waals surface area contributed by atoms with Gasteiger partial charge in [-0.3, -0.25) is 4.79 Å². The van der Waals surface area contributed by atoms with Crippen molar-refractivity contribution in [3.05, 3.63) is 0 Å². The second kappa shape index (κ2) is 7.55. The molecule has 0 radical (unpaired) electrons. The Hall–Kier alpha value is -0.750. The van der Waals surface area contributed by atoms with Gasteiger partial charge < -0.3 is 16.2 Å². The molecular formula is C11H22N2O3S. The summed E-state index contributed by atoms with van der Waals surface area (Å²) in [6.07, 6.45) is 2.91. The number of hydrogen-bond acceptors (Lipinski definition) is 4. The number of hydrogen-bond donors (Lipinski definition) is 3. The fourth-order valence-corrected chi connectivity index (χ4v) is 1.69. The van der Waals surface area contributed by atoms with Crippen LogP contribution < -0.4 is 11.1 Å². The lowest BCUT2D eigenvalue weighted by atomic mass is 9.86. The maximum atomic E-state index is 11.9. The minimum absolute atomic E-state index is 0.213. The van der Waals surface area contributed by atoms with E-state index >= 15 is 0 Å². The monoisotopic (exact) mass is 262 g/mol. The van der Waals surface area contributed by atoms with Crippen LogP contribution in [0.1, 0.15) is 26.7 Å². The lowest BCUT2D eigenvalue weighted by molar-refractivity contribution is -0.143. The van der Waals surface area contributed by atoms with E-state index in [2.05, 4.69) is 5.32 Å². The summed E-state index contributed by atoms with van der Waals surface area (Å²) in [5.41, 5.74) is 4.87. The third kappa shape index (κ3) is 4.95. The Balaban J connectivity index is 4.54. The number of nitrogens with two attached hydrogens (primary N) is 1. The zero-order chi connectivity index (χ0) is 13.5. The Morgan fingerprint density at radius 2 is 2.12 bits per heavy atom. The van der Waals surface area contributed by atoms with Crippen molar-refractivity contribution in [2.45, 2.75) is 32.7 Å². The topological polar surface area (TPSA) is 92.4 Å². The van der Waals surface area contributed by atoms with Crippen molar-refractivity contribution < 1.29 is 14.7 Å². The molecule has 0 aromatic rings. The first-order valence-electron chi connectivity index (χ1n) is 5.64. The molecule has 0 aromatic heterocycles. The van der Waals surface area contributed by atoms with Crippen LogP contribution in [0.25, 0.3) is 0 Å². The molecule has 0 aliphatic heterocycles. The summed E-state index contributed by atoms with van der Waals surface area (Å²) in [6, 6.07) is -0.827. The minimum atomic E-state index is -0.997. The lowest BCUT2D eigenvalue weighted by Gasteiger charge is -2.27. The van der Waals surface area contributed by atoms with E-state index in [1.165, 1.54) is 0 Å². The predicted molar refractivity (Wildman–Crippen MR) is 70.0 cm³/mol. The molecule has 0 aliphatic rings. The van der Waals surface area contributed by atoms with E-state index in [1.54, 1.807) is 18.7 Å². The Morgan fingerprint density at radius 1 is 1.53 bits per heavy atom. The van der Waals surface area contributed by atoms with Crippen molar-refractivity contribution >= 4 is 23.6 Å². The molecule has 4 N–H and O–H groups in total. The van der Waals surface area contributed by atoms with Crippen LogP contribution in [0.4, 0.5) is 0 Å². The number of rotatable bonds is 8. The summed E-state index contributed by atoms with van der Waals surface area (Å²) >= 11 is 1.55. The number of amides is 1. The van der Waals surface area contributed by atoms with Gasteiger partial charge in [-0.25, -0.2) is 4.79 Å². The van der Waals surface area contributed by atoms with Crippen molar-refractivity contribution in [3.63, 3.8) is 0 Å². The van der Waals surface area contributed by atoms with E-state index in [4.69, 9.17) is 10.8 Å². The first-order chi connectivity index (χ1) is 7.91. The van der Waals surface area contributed by atoms with Gasteiger partial charge in [0, 0.05) is 6.54 Å². The van der Waals surface area contributed by atoms with E-state index < -0.39 is 17.4 Å². The second-order valence-electron chi connectivity index (χ2n) is 4.26. The third-order valence-corrected chi connectivity index (χ3v) is 3.64. The summed E-state index contributed by atoms with van der Waals surface area (Å²) in [5, 5.41) is 11.6. The summed E-state index contributed by atoms with van der Waals surface area (Å²) in [6.45, 7) is 3.82. The van der Waals surface area contributed by atoms with Crippen LogP contribution in [0.15, 0.2) is 0 Å². The third-order valence-electron chi connectivity index (χ3n) is 2.99. The first-order valence-corrected chi connectivity index (χ1v) is 7.03. The van der Waals surface area contributed by atoms with E-state index in [9.17, 15) is 9.59 Å². The van der Waals surface area contributed by atoms with E-state index in [0.717, 1.165) is 0 Å². The molecule has 0 rings (SSSR count). The van der Waals surface area contributed by atoms with Gasteiger partial charge in [-0.2, -0.15) is 11.8 Å². The fraction of sp³-hybridized carbons (Fsp3) is 0.818. The van der Waals surface area contributed by atoms with E-state index in [1.807, 2.05) is 13.2 Å². The molecule has 0 aliphatic carbocycles. The van der Waals surface area contributed by atoms with Gasteiger partial charge in [-0.05, 0) is 31.8 Å². The average molecular weight is 262 g/mol. The number of nitrogens with one attached hydrogen (secondary N) is 1. The van der Waals surface area contributed by atoms with Gasteiger partial charge >= 0.3 is 5.97 Å². The zero-order valence-electron chi connectivity index (χ0n) is 10.7. The van der Waals surface area contributed by atoms with Crippen LogP contribution in [-0.2, 0) is 9.59 Å². The van der Waals surface area contributed by atoms with Gasteiger partial charge in [0.15, 0.2) is 0 Å². The molecule has 1 unspecified atom stereocenters. The summed E-state index contributed by atoms with van der Waals surface area (Å²) in [5.74, 6) is -0.582. The quantitative estimate of drug-likeness (QED) is 0.598. The van der Waals surface area contributed by atoms with Crippen molar-refractivity contribution in [3.8, 4) is 0 Å². The SMILES string of the molecule is CCC(C)(CN)C(=O)N[C@H](CCSC)C(=O)O. The molecule has 17 heavy (non-hydrogen) atoms. The summed E-state index contributed by atoms with van der Waals surface area (Å²) < 4.78 is 0. The normalized spacial score (nSPS) is 16.0. The van der Waals surface area contributed by atoms with Gasteiger partial charge in [0.1, 0.15) is 6.04 Å². The van der Waals surface area contributed by atoms with Gasteiger partial charge in [0.25, 0.3) is 0 Å². The molecule has 100 valence electrons. The van der Waals surface area contributed by atoms with Gasteiger partial charge in [-0.15, -0.1) is 0 Å². The van der Waals surface area contributed by atoms with Crippen molar-refractivity contribution in [2.75, 3.05) is 18.6 Å². The highest BCUT2D eigenvalue weighted by molar-refractivity contribution is 7.98. The van der Waals surface area contributed by atoms with Gasteiger partial charge in [-0.1, -0.05) is 6.92 Å². The first kappa shape index (κ1) is 16.2.